The second-order valence-corrected chi connectivity index (χ2v) is 9.16. The molecule has 2 heterocycles. The van der Waals surface area contributed by atoms with Crippen molar-refractivity contribution in [2.45, 2.75) is 13.8 Å². The van der Waals surface area contributed by atoms with Gasteiger partial charge in [0.15, 0.2) is 5.13 Å². The SMILES string of the molecule is Cc1ccccc1N(CC(=O)Nc1nc(C)c(-c2ccccn2)s1)S(C)(=O)=O. The van der Waals surface area contributed by atoms with Crippen molar-refractivity contribution in [2.75, 3.05) is 22.4 Å². The molecule has 0 saturated heterocycles. The van der Waals surface area contributed by atoms with Crippen molar-refractivity contribution in [3.05, 3.63) is 59.9 Å². The number of pyridine rings is 1. The van der Waals surface area contributed by atoms with Gasteiger partial charge in [-0.1, -0.05) is 35.6 Å². The highest BCUT2D eigenvalue weighted by atomic mass is 32.2. The first-order valence-electron chi connectivity index (χ1n) is 8.47. The molecule has 1 amide bonds. The van der Waals surface area contributed by atoms with E-state index in [0.717, 1.165) is 32.4 Å². The Morgan fingerprint density at radius 2 is 1.86 bits per heavy atom. The summed E-state index contributed by atoms with van der Waals surface area (Å²) in [6.45, 7) is 3.31. The number of nitrogens with zero attached hydrogens (tertiary/aromatic N) is 3. The molecule has 2 aromatic heterocycles. The van der Waals surface area contributed by atoms with Crippen molar-refractivity contribution in [1.82, 2.24) is 9.97 Å². The van der Waals surface area contributed by atoms with Crippen LogP contribution in [0.4, 0.5) is 10.8 Å². The Labute approximate surface area is 168 Å². The smallest absolute Gasteiger partial charge is 0.246 e. The summed E-state index contributed by atoms with van der Waals surface area (Å²) in [4.78, 5) is 22.1. The Balaban J connectivity index is 1.80. The summed E-state index contributed by atoms with van der Waals surface area (Å²) in [5, 5.41) is 3.10. The highest BCUT2D eigenvalue weighted by Gasteiger charge is 2.23. The van der Waals surface area contributed by atoms with Gasteiger partial charge in [-0.05, 0) is 37.6 Å². The minimum Gasteiger partial charge on any atom is -0.300 e. The Bertz CT molecular complexity index is 1100. The molecule has 0 unspecified atom stereocenters. The molecule has 0 atom stereocenters. The predicted octanol–water partition coefficient (Wildman–Crippen LogP) is 3.23. The van der Waals surface area contributed by atoms with Crippen molar-refractivity contribution in [3.8, 4) is 10.6 Å². The molecule has 0 aliphatic carbocycles. The highest BCUT2D eigenvalue weighted by Crippen LogP contribution is 2.31. The maximum atomic E-state index is 12.5. The van der Waals surface area contributed by atoms with Crippen LogP contribution in [-0.4, -0.2) is 37.1 Å². The molecule has 0 fully saturated rings. The van der Waals surface area contributed by atoms with E-state index in [2.05, 4.69) is 15.3 Å². The second kappa shape index (κ2) is 8.07. The molecular formula is C19H20N4O3S2. The van der Waals surface area contributed by atoms with E-state index in [9.17, 15) is 13.2 Å². The van der Waals surface area contributed by atoms with Crippen LogP contribution in [0.2, 0.25) is 0 Å². The Kier molecular flexibility index (Phi) is 5.76. The van der Waals surface area contributed by atoms with Gasteiger partial charge in [0, 0.05) is 6.20 Å². The molecule has 28 heavy (non-hydrogen) atoms. The minimum absolute atomic E-state index is 0.332. The summed E-state index contributed by atoms with van der Waals surface area (Å²) in [5.41, 5.74) is 2.77. The molecule has 9 heteroatoms. The normalized spacial score (nSPS) is 11.2. The van der Waals surface area contributed by atoms with Crippen molar-refractivity contribution < 1.29 is 13.2 Å². The zero-order valence-corrected chi connectivity index (χ0v) is 17.3. The van der Waals surface area contributed by atoms with Crippen molar-refractivity contribution in [1.29, 1.82) is 0 Å². The van der Waals surface area contributed by atoms with Crippen LogP contribution in [0.5, 0.6) is 0 Å². The molecule has 0 aliphatic heterocycles. The van der Waals surface area contributed by atoms with Gasteiger partial charge in [0.05, 0.1) is 28.2 Å². The van der Waals surface area contributed by atoms with E-state index in [1.165, 1.54) is 11.3 Å². The fourth-order valence-corrected chi connectivity index (χ4v) is 4.57. The van der Waals surface area contributed by atoms with Crippen molar-refractivity contribution in [2.24, 2.45) is 0 Å². The Morgan fingerprint density at radius 1 is 1.14 bits per heavy atom. The van der Waals surface area contributed by atoms with Gasteiger partial charge in [0.1, 0.15) is 6.54 Å². The van der Waals surface area contributed by atoms with Crippen LogP contribution in [0, 0.1) is 13.8 Å². The highest BCUT2D eigenvalue weighted by molar-refractivity contribution is 7.92. The lowest BCUT2D eigenvalue weighted by Crippen LogP contribution is -2.37. The third kappa shape index (κ3) is 4.55. The topological polar surface area (TPSA) is 92.3 Å². The molecule has 0 bridgehead atoms. The van der Waals surface area contributed by atoms with Gasteiger partial charge in [-0.15, -0.1) is 0 Å². The molecule has 0 spiro atoms. The number of sulfonamides is 1. The number of benzene rings is 1. The first-order valence-corrected chi connectivity index (χ1v) is 11.1. The Morgan fingerprint density at radius 3 is 2.50 bits per heavy atom. The maximum Gasteiger partial charge on any atom is 0.246 e. The summed E-state index contributed by atoms with van der Waals surface area (Å²) in [6.07, 6.45) is 2.78. The van der Waals surface area contributed by atoms with E-state index in [0.29, 0.717) is 10.8 Å². The quantitative estimate of drug-likeness (QED) is 0.666. The number of thiazole rings is 1. The number of aryl methyl sites for hydroxylation is 2. The van der Waals surface area contributed by atoms with E-state index >= 15 is 0 Å². The molecule has 1 N–H and O–H groups in total. The average molecular weight is 417 g/mol. The summed E-state index contributed by atoms with van der Waals surface area (Å²) >= 11 is 1.30. The molecule has 1 aromatic carbocycles. The van der Waals surface area contributed by atoms with Crippen LogP contribution < -0.4 is 9.62 Å². The van der Waals surface area contributed by atoms with Crippen LogP contribution >= 0.6 is 11.3 Å². The third-order valence-electron chi connectivity index (χ3n) is 4.01. The molecule has 146 valence electrons. The number of anilines is 2. The van der Waals surface area contributed by atoms with Crippen molar-refractivity contribution >= 4 is 38.1 Å². The summed E-state index contributed by atoms with van der Waals surface area (Å²) < 4.78 is 25.6. The average Bonchev–Trinajstić information content (AvgIpc) is 3.00. The number of hydrogen-bond donors (Lipinski definition) is 1. The van der Waals surface area contributed by atoms with E-state index < -0.39 is 15.9 Å². The molecule has 0 radical (unpaired) electrons. The van der Waals surface area contributed by atoms with E-state index in [1.54, 1.807) is 31.3 Å². The lowest BCUT2D eigenvalue weighted by atomic mass is 10.2. The number of aromatic nitrogens is 2. The van der Waals surface area contributed by atoms with Crippen molar-refractivity contribution in [3.63, 3.8) is 0 Å². The molecular weight excluding hydrogens is 396 g/mol. The molecule has 3 aromatic rings. The molecule has 0 aliphatic rings. The fraction of sp³-hybridized carbons (Fsp3) is 0.211. The largest absolute Gasteiger partial charge is 0.300 e. The van der Waals surface area contributed by atoms with Gasteiger partial charge < -0.3 is 5.32 Å². The first kappa shape index (κ1) is 20.0. The van der Waals surface area contributed by atoms with Gasteiger partial charge >= 0.3 is 0 Å². The van der Waals surface area contributed by atoms with E-state index in [-0.39, 0.29) is 6.54 Å². The monoisotopic (exact) mass is 416 g/mol. The number of rotatable bonds is 6. The molecule has 7 nitrogen and oxygen atoms in total. The van der Waals surface area contributed by atoms with E-state index in [1.807, 2.05) is 31.2 Å². The number of carbonyl (C=O) groups excluding carboxylic acids is 1. The van der Waals surface area contributed by atoms with Crippen LogP contribution in [0.15, 0.2) is 48.7 Å². The fourth-order valence-electron chi connectivity index (χ4n) is 2.70. The summed E-state index contributed by atoms with van der Waals surface area (Å²) in [7, 11) is -3.63. The zero-order chi connectivity index (χ0) is 20.3. The Hall–Kier alpha value is -2.78. The zero-order valence-electron chi connectivity index (χ0n) is 15.7. The van der Waals surface area contributed by atoms with Gasteiger partial charge in [0.2, 0.25) is 15.9 Å². The molecule has 0 saturated carbocycles. The molecule has 3 rings (SSSR count). The predicted molar refractivity (Wildman–Crippen MR) is 112 cm³/mol. The summed E-state index contributed by atoms with van der Waals surface area (Å²) in [5.74, 6) is -0.463. The lowest BCUT2D eigenvalue weighted by Gasteiger charge is -2.23. The minimum atomic E-state index is -3.63. The van der Waals surface area contributed by atoms with Crippen LogP contribution in [0.25, 0.3) is 10.6 Å². The summed E-state index contributed by atoms with van der Waals surface area (Å²) in [6, 6.07) is 12.6. The lowest BCUT2D eigenvalue weighted by molar-refractivity contribution is -0.114. The van der Waals surface area contributed by atoms with Gasteiger partial charge in [-0.2, -0.15) is 0 Å². The number of nitrogens with one attached hydrogen (secondary N) is 1. The standard InChI is InChI=1S/C19H20N4O3S2/c1-13-8-4-5-10-16(13)23(28(3,25)26)12-17(24)22-19-21-14(2)18(27-19)15-9-6-7-11-20-15/h4-11H,12H2,1-3H3,(H,21,22,24). The van der Waals surface area contributed by atoms with Gasteiger partial charge in [0.25, 0.3) is 0 Å². The van der Waals surface area contributed by atoms with Crippen LogP contribution in [0.3, 0.4) is 0 Å². The third-order valence-corrected chi connectivity index (χ3v) is 6.23. The van der Waals surface area contributed by atoms with Gasteiger partial charge in [-0.3, -0.25) is 14.1 Å². The van der Waals surface area contributed by atoms with E-state index in [4.69, 9.17) is 0 Å². The number of carbonyl (C=O) groups is 1. The van der Waals surface area contributed by atoms with Crippen LogP contribution in [-0.2, 0) is 14.8 Å². The number of para-hydroxylation sites is 1. The second-order valence-electron chi connectivity index (χ2n) is 6.25. The number of hydrogen-bond acceptors (Lipinski definition) is 6. The first-order chi connectivity index (χ1) is 13.3. The van der Waals surface area contributed by atoms with Crippen LogP contribution in [0.1, 0.15) is 11.3 Å². The maximum absolute atomic E-state index is 12.5. The number of amides is 1. The van der Waals surface area contributed by atoms with Gasteiger partial charge in [-0.25, -0.2) is 13.4 Å².